The van der Waals surface area contributed by atoms with Crippen LogP contribution < -0.4 is 14.8 Å². The minimum Gasteiger partial charge on any atom is -0.487 e. The highest BCUT2D eigenvalue weighted by atomic mass is 35.5. The first-order chi connectivity index (χ1) is 8.65. The fraction of sp³-hybridized carbons (Fsp3) is 0.500. The summed E-state index contributed by atoms with van der Waals surface area (Å²) in [5, 5.41) is 3.17. The van der Waals surface area contributed by atoms with Gasteiger partial charge in [-0.25, -0.2) is 4.39 Å². The number of nitrogens with one attached hydrogen (secondary N) is 1. The second-order valence-electron chi connectivity index (χ2n) is 4.04. The Morgan fingerprint density at radius 2 is 1.89 bits per heavy atom. The SMILES string of the molecule is Cl.Fc1cc(OC(F)F)ccc1OC1CCNCC1. The van der Waals surface area contributed by atoms with Crippen molar-refractivity contribution < 1.29 is 22.6 Å². The molecule has 0 atom stereocenters. The Kier molecular flexibility index (Phi) is 6.24. The van der Waals surface area contributed by atoms with Gasteiger partial charge in [-0.05, 0) is 38.1 Å². The van der Waals surface area contributed by atoms with Gasteiger partial charge in [-0.3, -0.25) is 0 Å². The van der Waals surface area contributed by atoms with E-state index in [-0.39, 0.29) is 30.0 Å². The van der Waals surface area contributed by atoms with Gasteiger partial charge in [-0.1, -0.05) is 0 Å². The largest absolute Gasteiger partial charge is 0.487 e. The molecule has 1 aliphatic rings. The summed E-state index contributed by atoms with van der Waals surface area (Å²) in [6.45, 7) is -1.29. The van der Waals surface area contributed by atoms with Gasteiger partial charge in [-0.15, -0.1) is 12.4 Å². The highest BCUT2D eigenvalue weighted by Crippen LogP contribution is 2.25. The highest BCUT2D eigenvalue weighted by molar-refractivity contribution is 5.85. The van der Waals surface area contributed by atoms with Crippen molar-refractivity contribution in [3.05, 3.63) is 24.0 Å². The Bertz CT molecular complexity index is 401. The Balaban J connectivity index is 0.00000180. The first-order valence-corrected chi connectivity index (χ1v) is 5.77. The van der Waals surface area contributed by atoms with Gasteiger partial charge in [0, 0.05) is 6.07 Å². The van der Waals surface area contributed by atoms with Gasteiger partial charge in [0.2, 0.25) is 0 Å². The van der Waals surface area contributed by atoms with Crippen LogP contribution in [-0.2, 0) is 0 Å². The Hall–Kier alpha value is -1.14. The van der Waals surface area contributed by atoms with Crippen LogP contribution in [0, 0.1) is 5.82 Å². The van der Waals surface area contributed by atoms with Gasteiger partial charge in [0.15, 0.2) is 11.6 Å². The molecule has 0 radical (unpaired) electrons. The van der Waals surface area contributed by atoms with E-state index in [4.69, 9.17) is 4.74 Å². The molecule has 0 aliphatic carbocycles. The fourth-order valence-electron chi connectivity index (χ4n) is 1.85. The molecule has 0 saturated carbocycles. The molecule has 1 aliphatic heterocycles. The minimum absolute atomic E-state index is 0. The number of alkyl halides is 2. The molecule has 1 saturated heterocycles. The lowest BCUT2D eigenvalue weighted by Gasteiger charge is -2.24. The summed E-state index contributed by atoms with van der Waals surface area (Å²) in [6, 6.07) is 3.49. The lowest BCUT2D eigenvalue weighted by Crippen LogP contribution is -2.34. The second-order valence-corrected chi connectivity index (χ2v) is 4.04. The molecule has 0 amide bonds. The van der Waals surface area contributed by atoms with E-state index in [1.165, 1.54) is 12.1 Å². The van der Waals surface area contributed by atoms with Crippen LogP contribution in [0.5, 0.6) is 11.5 Å². The van der Waals surface area contributed by atoms with Gasteiger partial charge < -0.3 is 14.8 Å². The molecule has 2 rings (SSSR count). The number of hydrogen-bond donors (Lipinski definition) is 1. The van der Waals surface area contributed by atoms with Gasteiger partial charge in [-0.2, -0.15) is 8.78 Å². The van der Waals surface area contributed by atoms with Gasteiger partial charge in [0.25, 0.3) is 0 Å². The number of benzene rings is 1. The van der Waals surface area contributed by atoms with Crippen LogP contribution in [0.15, 0.2) is 18.2 Å². The normalized spacial score (nSPS) is 16.0. The molecular formula is C12H15ClF3NO2. The molecule has 0 spiro atoms. The minimum atomic E-state index is -2.96. The summed E-state index contributed by atoms with van der Waals surface area (Å²) >= 11 is 0. The summed E-state index contributed by atoms with van der Waals surface area (Å²) in [6.07, 6.45) is 1.56. The van der Waals surface area contributed by atoms with E-state index in [2.05, 4.69) is 10.1 Å². The Labute approximate surface area is 115 Å². The molecule has 108 valence electrons. The van der Waals surface area contributed by atoms with Crippen LogP contribution in [0.25, 0.3) is 0 Å². The number of halogens is 4. The predicted molar refractivity (Wildman–Crippen MR) is 66.8 cm³/mol. The third-order valence-corrected chi connectivity index (χ3v) is 2.71. The van der Waals surface area contributed by atoms with E-state index in [1.54, 1.807) is 0 Å². The van der Waals surface area contributed by atoms with Crippen LogP contribution in [0.4, 0.5) is 13.2 Å². The molecule has 0 aromatic heterocycles. The van der Waals surface area contributed by atoms with Crippen molar-refractivity contribution in [2.75, 3.05) is 13.1 Å². The standard InChI is InChI=1S/C12H14F3NO2.ClH/c13-10-7-9(18-12(14)15)1-2-11(10)17-8-3-5-16-6-4-8;/h1-2,7-8,12,16H,3-6H2;1H. The third kappa shape index (κ3) is 4.80. The average Bonchev–Trinajstić information content (AvgIpc) is 2.33. The first kappa shape index (κ1) is 15.9. The fourth-order valence-corrected chi connectivity index (χ4v) is 1.85. The van der Waals surface area contributed by atoms with Crippen molar-refractivity contribution in [1.29, 1.82) is 0 Å². The molecule has 0 bridgehead atoms. The second kappa shape index (κ2) is 7.45. The van der Waals surface area contributed by atoms with Crippen LogP contribution in [0.3, 0.4) is 0 Å². The number of piperidine rings is 1. The Morgan fingerprint density at radius 1 is 1.21 bits per heavy atom. The van der Waals surface area contributed by atoms with Gasteiger partial charge in [0.05, 0.1) is 0 Å². The van der Waals surface area contributed by atoms with E-state index < -0.39 is 12.4 Å². The summed E-state index contributed by atoms with van der Waals surface area (Å²) in [5.41, 5.74) is 0. The topological polar surface area (TPSA) is 30.5 Å². The predicted octanol–water partition coefficient (Wildman–Crippen LogP) is 2.98. The smallest absolute Gasteiger partial charge is 0.387 e. The van der Waals surface area contributed by atoms with Crippen LogP contribution in [0.2, 0.25) is 0 Å². The molecule has 1 fully saturated rings. The van der Waals surface area contributed by atoms with E-state index >= 15 is 0 Å². The molecule has 1 N–H and O–H groups in total. The molecule has 7 heteroatoms. The van der Waals surface area contributed by atoms with Crippen LogP contribution in [-0.4, -0.2) is 25.8 Å². The van der Waals surface area contributed by atoms with Crippen LogP contribution in [0.1, 0.15) is 12.8 Å². The molecular weight excluding hydrogens is 283 g/mol. The zero-order valence-electron chi connectivity index (χ0n) is 10.1. The van der Waals surface area contributed by atoms with Crippen molar-refractivity contribution in [2.45, 2.75) is 25.6 Å². The summed E-state index contributed by atoms with van der Waals surface area (Å²) in [4.78, 5) is 0. The molecule has 1 aromatic rings. The van der Waals surface area contributed by atoms with E-state index in [9.17, 15) is 13.2 Å². The zero-order chi connectivity index (χ0) is 13.0. The third-order valence-electron chi connectivity index (χ3n) is 2.71. The summed E-state index contributed by atoms with van der Waals surface area (Å²) < 4.78 is 47.1. The number of rotatable bonds is 4. The maximum absolute atomic E-state index is 13.6. The van der Waals surface area contributed by atoms with Crippen molar-refractivity contribution in [1.82, 2.24) is 5.32 Å². The maximum Gasteiger partial charge on any atom is 0.387 e. The van der Waals surface area contributed by atoms with Crippen LogP contribution >= 0.6 is 12.4 Å². The van der Waals surface area contributed by atoms with Crippen molar-refractivity contribution in [3.63, 3.8) is 0 Å². The lowest BCUT2D eigenvalue weighted by molar-refractivity contribution is -0.0500. The number of ether oxygens (including phenoxy) is 2. The average molecular weight is 298 g/mol. The molecule has 19 heavy (non-hydrogen) atoms. The number of hydrogen-bond acceptors (Lipinski definition) is 3. The molecule has 1 heterocycles. The monoisotopic (exact) mass is 297 g/mol. The van der Waals surface area contributed by atoms with E-state index in [1.807, 2.05) is 0 Å². The Morgan fingerprint density at radius 3 is 2.47 bits per heavy atom. The van der Waals surface area contributed by atoms with Crippen molar-refractivity contribution >= 4 is 12.4 Å². The van der Waals surface area contributed by atoms with Crippen molar-refractivity contribution in [3.8, 4) is 11.5 Å². The highest BCUT2D eigenvalue weighted by Gasteiger charge is 2.17. The van der Waals surface area contributed by atoms with Gasteiger partial charge >= 0.3 is 6.61 Å². The first-order valence-electron chi connectivity index (χ1n) is 5.77. The lowest BCUT2D eigenvalue weighted by atomic mass is 10.1. The zero-order valence-corrected chi connectivity index (χ0v) is 10.9. The van der Waals surface area contributed by atoms with E-state index in [0.717, 1.165) is 32.0 Å². The summed E-state index contributed by atoms with van der Waals surface area (Å²) in [5.74, 6) is -0.824. The van der Waals surface area contributed by atoms with Crippen molar-refractivity contribution in [2.24, 2.45) is 0 Å². The summed E-state index contributed by atoms with van der Waals surface area (Å²) in [7, 11) is 0. The van der Waals surface area contributed by atoms with E-state index in [0.29, 0.717) is 0 Å². The molecule has 0 unspecified atom stereocenters. The molecule has 3 nitrogen and oxygen atoms in total. The maximum atomic E-state index is 13.6. The molecule has 1 aromatic carbocycles. The van der Waals surface area contributed by atoms with Gasteiger partial charge in [0.1, 0.15) is 11.9 Å². The quantitative estimate of drug-likeness (QED) is 0.927.